The first kappa shape index (κ1) is 13.4. The van der Waals surface area contributed by atoms with Gasteiger partial charge in [-0.2, -0.15) is 0 Å². The highest BCUT2D eigenvalue weighted by Gasteiger charge is 2.08. The molecule has 1 amide bonds. The van der Waals surface area contributed by atoms with E-state index in [1.165, 1.54) is 6.39 Å². The van der Waals surface area contributed by atoms with E-state index in [0.717, 1.165) is 27.9 Å². The number of carbonyl (C=O) groups is 1. The smallest absolute Gasteiger partial charge is 0.228 e. The van der Waals surface area contributed by atoms with Crippen molar-refractivity contribution in [2.24, 2.45) is 0 Å². The number of benzene rings is 2. The van der Waals surface area contributed by atoms with Gasteiger partial charge in [-0.1, -0.05) is 18.2 Å². The van der Waals surface area contributed by atoms with Crippen molar-refractivity contribution in [2.45, 2.75) is 20.3 Å². The summed E-state index contributed by atoms with van der Waals surface area (Å²) in [5.41, 5.74) is 5.52. The van der Waals surface area contributed by atoms with E-state index in [0.29, 0.717) is 12.0 Å². The highest BCUT2D eigenvalue weighted by Crippen LogP contribution is 2.19. The fourth-order valence-corrected chi connectivity index (χ4v) is 2.28. The number of nitrogens with one attached hydrogen (secondary N) is 1. The zero-order valence-electron chi connectivity index (χ0n) is 12.0. The van der Waals surface area contributed by atoms with Gasteiger partial charge < -0.3 is 9.73 Å². The van der Waals surface area contributed by atoms with Crippen LogP contribution in [0.2, 0.25) is 0 Å². The number of amides is 1. The second kappa shape index (κ2) is 5.40. The quantitative estimate of drug-likeness (QED) is 0.797. The van der Waals surface area contributed by atoms with E-state index < -0.39 is 0 Å². The molecule has 0 atom stereocenters. The fourth-order valence-electron chi connectivity index (χ4n) is 2.28. The maximum absolute atomic E-state index is 12.2. The van der Waals surface area contributed by atoms with Gasteiger partial charge in [0.1, 0.15) is 5.52 Å². The van der Waals surface area contributed by atoms with Crippen molar-refractivity contribution < 1.29 is 9.21 Å². The molecule has 0 saturated carbocycles. The van der Waals surface area contributed by atoms with Crippen LogP contribution in [-0.4, -0.2) is 10.9 Å². The van der Waals surface area contributed by atoms with Crippen LogP contribution < -0.4 is 5.32 Å². The number of anilines is 1. The largest absolute Gasteiger partial charge is 0.443 e. The van der Waals surface area contributed by atoms with Crippen molar-refractivity contribution in [3.05, 3.63) is 59.5 Å². The Morgan fingerprint density at radius 3 is 2.95 bits per heavy atom. The number of hydrogen-bond donors (Lipinski definition) is 1. The molecule has 0 spiro atoms. The maximum Gasteiger partial charge on any atom is 0.228 e. The third-order valence-electron chi connectivity index (χ3n) is 3.64. The molecule has 0 aliphatic carbocycles. The van der Waals surface area contributed by atoms with Gasteiger partial charge in [0, 0.05) is 5.69 Å². The van der Waals surface area contributed by atoms with Gasteiger partial charge >= 0.3 is 0 Å². The average Bonchev–Trinajstić information content (AvgIpc) is 2.91. The summed E-state index contributed by atoms with van der Waals surface area (Å²) in [4.78, 5) is 16.2. The highest BCUT2D eigenvalue weighted by molar-refractivity contribution is 5.93. The van der Waals surface area contributed by atoms with Crippen LogP contribution in [0.5, 0.6) is 0 Å². The summed E-state index contributed by atoms with van der Waals surface area (Å²) in [5.74, 6) is -0.0393. The standard InChI is InChI=1S/C17H16N2O2/c1-11-4-3-5-14(12(11)2)19-17(20)9-13-6-7-15-16(8-13)21-10-18-15/h3-8,10H,9H2,1-2H3,(H,19,20). The minimum atomic E-state index is -0.0393. The molecule has 1 N–H and O–H groups in total. The van der Waals surface area contributed by atoms with Gasteiger partial charge in [-0.25, -0.2) is 4.98 Å². The molecule has 0 aliphatic rings. The Balaban J connectivity index is 1.75. The predicted octanol–water partition coefficient (Wildman–Crippen LogP) is 3.63. The van der Waals surface area contributed by atoms with E-state index in [-0.39, 0.29) is 5.91 Å². The predicted molar refractivity (Wildman–Crippen MR) is 82.3 cm³/mol. The van der Waals surface area contributed by atoms with Crippen LogP contribution >= 0.6 is 0 Å². The number of hydrogen-bond acceptors (Lipinski definition) is 3. The van der Waals surface area contributed by atoms with E-state index in [1.807, 2.05) is 50.2 Å². The molecule has 21 heavy (non-hydrogen) atoms. The Morgan fingerprint density at radius 1 is 1.24 bits per heavy atom. The van der Waals surface area contributed by atoms with E-state index in [4.69, 9.17) is 4.42 Å². The summed E-state index contributed by atoms with van der Waals surface area (Å²) < 4.78 is 5.25. The second-order valence-corrected chi connectivity index (χ2v) is 5.13. The molecule has 0 unspecified atom stereocenters. The Bertz CT molecular complexity index is 805. The van der Waals surface area contributed by atoms with Gasteiger partial charge in [0.05, 0.1) is 6.42 Å². The lowest BCUT2D eigenvalue weighted by atomic mass is 10.1. The number of oxazole rings is 1. The summed E-state index contributed by atoms with van der Waals surface area (Å²) in [6.07, 6.45) is 1.72. The summed E-state index contributed by atoms with van der Waals surface area (Å²) in [6.45, 7) is 4.04. The number of carbonyl (C=O) groups excluding carboxylic acids is 1. The van der Waals surface area contributed by atoms with Crippen molar-refractivity contribution in [2.75, 3.05) is 5.32 Å². The van der Waals surface area contributed by atoms with Crippen LogP contribution in [0.3, 0.4) is 0 Å². The van der Waals surface area contributed by atoms with Crippen molar-refractivity contribution >= 4 is 22.7 Å². The molecule has 4 heteroatoms. The number of nitrogens with zero attached hydrogens (tertiary/aromatic N) is 1. The molecule has 4 nitrogen and oxygen atoms in total. The molecular formula is C17H16N2O2. The Morgan fingerprint density at radius 2 is 2.10 bits per heavy atom. The van der Waals surface area contributed by atoms with E-state index in [9.17, 15) is 4.79 Å². The number of fused-ring (bicyclic) bond motifs is 1. The van der Waals surface area contributed by atoms with Gasteiger partial charge in [-0.3, -0.25) is 4.79 Å². The molecule has 0 bridgehead atoms. The average molecular weight is 280 g/mol. The van der Waals surface area contributed by atoms with Gasteiger partial charge in [-0.05, 0) is 48.7 Å². The molecular weight excluding hydrogens is 264 g/mol. The van der Waals surface area contributed by atoms with Crippen LogP contribution in [0, 0.1) is 13.8 Å². The minimum absolute atomic E-state index is 0.0393. The fraction of sp³-hybridized carbons (Fsp3) is 0.176. The maximum atomic E-state index is 12.2. The van der Waals surface area contributed by atoms with Gasteiger partial charge in [0.2, 0.25) is 5.91 Å². The number of rotatable bonds is 3. The first-order valence-corrected chi connectivity index (χ1v) is 6.81. The minimum Gasteiger partial charge on any atom is -0.443 e. The van der Waals surface area contributed by atoms with E-state index in [1.54, 1.807) is 0 Å². The molecule has 0 radical (unpaired) electrons. The Hall–Kier alpha value is -2.62. The third kappa shape index (κ3) is 2.79. The molecule has 0 saturated heterocycles. The van der Waals surface area contributed by atoms with Crippen LogP contribution in [0.1, 0.15) is 16.7 Å². The molecule has 3 aromatic rings. The van der Waals surface area contributed by atoms with Crippen molar-refractivity contribution in [3.8, 4) is 0 Å². The van der Waals surface area contributed by atoms with Crippen LogP contribution in [0.15, 0.2) is 47.2 Å². The molecule has 0 fully saturated rings. The van der Waals surface area contributed by atoms with E-state index >= 15 is 0 Å². The lowest BCUT2D eigenvalue weighted by Crippen LogP contribution is -2.15. The molecule has 3 rings (SSSR count). The summed E-state index contributed by atoms with van der Waals surface area (Å²) in [7, 11) is 0. The zero-order valence-corrected chi connectivity index (χ0v) is 12.0. The van der Waals surface area contributed by atoms with Crippen molar-refractivity contribution in [3.63, 3.8) is 0 Å². The number of aromatic nitrogens is 1. The molecule has 0 aliphatic heterocycles. The molecule has 2 aromatic carbocycles. The number of aryl methyl sites for hydroxylation is 1. The molecule has 1 heterocycles. The monoisotopic (exact) mass is 280 g/mol. The molecule has 1 aromatic heterocycles. The van der Waals surface area contributed by atoms with Crippen molar-refractivity contribution in [1.82, 2.24) is 4.98 Å². The Labute approximate surface area is 122 Å². The normalized spacial score (nSPS) is 10.8. The highest BCUT2D eigenvalue weighted by atomic mass is 16.3. The Kier molecular flexibility index (Phi) is 3.44. The summed E-state index contributed by atoms with van der Waals surface area (Å²) >= 11 is 0. The van der Waals surface area contributed by atoms with Crippen molar-refractivity contribution in [1.29, 1.82) is 0 Å². The third-order valence-corrected chi connectivity index (χ3v) is 3.64. The van der Waals surface area contributed by atoms with E-state index in [2.05, 4.69) is 10.3 Å². The second-order valence-electron chi connectivity index (χ2n) is 5.13. The van der Waals surface area contributed by atoms with Gasteiger partial charge in [0.15, 0.2) is 12.0 Å². The van der Waals surface area contributed by atoms with Crippen LogP contribution in [-0.2, 0) is 11.2 Å². The van der Waals surface area contributed by atoms with Crippen LogP contribution in [0.4, 0.5) is 5.69 Å². The molecule has 106 valence electrons. The first-order valence-electron chi connectivity index (χ1n) is 6.81. The lowest BCUT2D eigenvalue weighted by molar-refractivity contribution is -0.115. The zero-order chi connectivity index (χ0) is 14.8. The van der Waals surface area contributed by atoms with Gasteiger partial charge in [0.25, 0.3) is 0 Å². The topological polar surface area (TPSA) is 55.1 Å². The summed E-state index contributed by atoms with van der Waals surface area (Å²) in [5, 5.41) is 2.96. The lowest BCUT2D eigenvalue weighted by Gasteiger charge is -2.10. The summed E-state index contributed by atoms with van der Waals surface area (Å²) in [6, 6.07) is 11.5. The van der Waals surface area contributed by atoms with Gasteiger partial charge in [-0.15, -0.1) is 0 Å². The van der Waals surface area contributed by atoms with Crippen LogP contribution in [0.25, 0.3) is 11.1 Å². The SMILES string of the molecule is Cc1cccc(NC(=O)Cc2ccc3ncoc3c2)c1C. The first-order chi connectivity index (χ1) is 10.1.